The Hall–Kier alpha value is -2.27. The van der Waals surface area contributed by atoms with Crippen LogP contribution in [0.5, 0.6) is 0 Å². The second-order valence-corrected chi connectivity index (χ2v) is 6.87. The average Bonchev–Trinajstić information content (AvgIpc) is 2.68. The normalized spacial score (nSPS) is 17.2. The number of benzene rings is 1. The smallest absolute Gasteiger partial charge is 0.254 e. The maximum absolute atomic E-state index is 12.5. The van der Waals surface area contributed by atoms with Crippen molar-refractivity contribution in [2.24, 2.45) is 0 Å². The Morgan fingerprint density at radius 1 is 1.16 bits per heavy atom. The third-order valence-corrected chi connectivity index (χ3v) is 5.20. The Morgan fingerprint density at radius 3 is 2.40 bits per heavy atom. The standard InChI is InChI=1S/C20H26N4O/c1-3-18-21-13-16(14-22-18)19(25)23-15-20(9-11-24(2)12-10-20)17-7-5-4-6-8-17/h4-8,13-14H,3,9-12,15H2,1-2H3,(H,23,25). The van der Waals surface area contributed by atoms with Crippen LogP contribution in [0.25, 0.3) is 0 Å². The number of aryl methyl sites for hydroxylation is 1. The summed E-state index contributed by atoms with van der Waals surface area (Å²) in [4.78, 5) is 23.3. The van der Waals surface area contributed by atoms with Gasteiger partial charge in [-0.05, 0) is 38.5 Å². The molecule has 1 saturated heterocycles. The minimum absolute atomic E-state index is 0.00630. The van der Waals surface area contributed by atoms with Crippen LogP contribution in [0.4, 0.5) is 0 Å². The predicted molar refractivity (Wildman–Crippen MR) is 98.6 cm³/mol. The summed E-state index contributed by atoms with van der Waals surface area (Å²) < 4.78 is 0. The molecule has 25 heavy (non-hydrogen) atoms. The molecule has 2 heterocycles. The Labute approximate surface area is 149 Å². The third-order valence-electron chi connectivity index (χ3n) is 5.20. The van der Waals surface area contributed by atoms with Crippen LogP contribution in [0.2, 0.25) is 0 Å². The molecule has 1 N–H and O–H groups in total. The van der Waals surface area contributed by atoms with Gasteiger partial charge in [0.15, 0.2) is 0 Å². The maximum atomic E-state index is 12.5. The van der Waals surface area contributed by atoms with Gasteiger partial charge in [-0.15, -0.1) is 0 Å². The molecule has 2 aromatic rings. The molecule has 0 spiro atoms. The zero-order chi connectivity index (χ0) is 17.7. The first kappa shape index (κ1) is 17.5. The highest BCUT2D eigenvalue weighted by molar-refractivity contribution is 5.93. The zero-order valence-corrected chi connectivity index (χ0v) is 15.0. The van der Waals surface area contributed by atoms with Gasteiger partial charge in [0, 0.05) is 30.8 Å². The monoisotopic (exact) mass is 338 g/mol. The summed E-state index contributed by atoms with van der Waals surface area (Å²) in [6.45, 7) is 4.72. The molecule has 5 heteroatoms. The zero-order valence-electron chi connectivity index (χ0n) is 15.0. The lowest BCUT2D eigenvalue weighted by molar-refractivity contribution is 0.0927. The van der Waals surface area contributed by atoms with Gasteiger partial charge in [-0.25, -0.2) is 9.97 Å². The van der Waals surface area contributed by atoms with E-state index in [4.69, 9.17) is 0 Å². The van der Waals surface area contributed by atoms with Crippen molar-refractivity contribution in [1.82, 2.24) is 20.2 Å². The van der Waals surface area contributed by atoms with E-state index in [1.54, 1.807) is 12.4 Å². The molecule has 0 aliphatic carbocycles. The first-order chi connectivity index (χ1) is 12.1. The molecule has 0 bridgehead atoms. The van der Waals surface area contributed by atoms with Crippen molar-refractivity contribution in [3.8, 4) is 0 Å². The van der Waals surface area contributed by atoms with Crippen LogP contribution in [0.1, 0.15) is 41.5 Å². The highest BCUT2D eigenvalue weighted by Gasteiger charge is 2.35. The predicted octanol–water partition coefficient (Wildman–Crippen LogP) is 2.43. The lowest BCUT2D eigenvalue weighted by atomic mass is 9.72. The fraction of sp³-hybridized carbons (Fsp3) is 0.450. The molecule has 1 aliphatic rings. The van der Waals surface area contributed by atoms with Crippen LogP contribution in [-0.4, -0.2) is 47.5 Å². The summed E-state index contributed by atoms with van der Waals surface area (Å²) in [5.74, 6) is 0.657. The number of nitrogens with one attached hydrogen (secondary N) is 1. The van der Waals surface area contributed by atoms with E-state index in [0.717, 1.165) is 38.2 Å². The summed E-state index contributed by atoms with van der Waals surface area (Å²) in [6.07, 6.45) is 6.08. The molecule has 0 atom stereocenters. The van der Waals surface area contributed by atoms with Gasteiger partial charge in [0.05, 0.1) is 5.56 Å². The third kappa shape index (κ3) is 4.04. The van der Waals surface area contributed by atoms with Crippen molar-refractivity contribution in [3.05, 3.63) is 59.7 Å². The Morgan fingerprint density at radius 2 is 1.80 bits per heavy atom. The fourth-order valence-corrected chi connectivity index (χ4v) is 3.41. The molecular formula is C20H26N4O. The van der Waals surface area contributed by atoms with E-state index in [9.17, 15) is 4.79 Å². The molecule has 132 valence electrons. The molecule has 0 radical (unpaired) electrons. The molecule has 3 rings (SSSR count). The second-order valence-electron chi connectivity index (χ2n) is 6.87. The van der Waals surface area contributed by atoms with Crippen LogP contribution in [-0.2, 0) is 11.8 Å². The van der Waals surface area contributed by atoms with Crippen molar-refractivity contribution >= 4 is 5.91 Å². The molecule has 5 nitrogen and oxygen atoms in total. The molecule has 1 amide bonds. The number of amides is 1. The van der Waals surface area contributed by atoms with E-state index in [2.05, 4.69) is 51.5 Å². The van der Waals surface area contributed by atoms with Crippen molar-refractivity contribution in [2.75, 3.05) is 26.7 Å². The Bertz CT molecular complexity index is 691. The first-order valence-corrected chi connectivity index (χ1v) is 8.96. The lowest BCUT2D eigenvalue weighted by Gasteiger charge is -2.41. The summed E-state index contributed by atoms with van der Waals surface area (Å²) in [7, 11) is 2.15. The number of carbonyl (C=O) groups is 1. The highest BCUT2D eigenvalue weighted by Crippen LogP contribution is 2.34. The van der Waals surface area contributed by atoms with Crippen molar-refractivity contribution in [3.63, 3.8) is 0 Å². The summed E-state index contributed by atoms with van der Waals surface area (Å²) in [5.41, 5.74) is 1.82. The summed E-state index contributed by atoms with van der Waals surface area (Å²) >= 11 is 0. The highest BCUT2D eigenvalue weighted by atomic mass is 16.1. The number of hydrogen-bond acceptors (Lipinski definition) is 4. The SMILES string of the molecule is CCc1ncc(C(=O)NCC2(c3ccccc3)CCN(C)CC2)cn1. The molecular weight excluding hydrogens is 312 g/mol. The van der Waals surface area contributed by atoms with Crippen LogP contribution in [0.15, 0.2) is 42.7 Å². The van der Waals surface area contributed by atoms with Gasteiger partial charge >= 0.3 is 0 Å². The van der Waals surface area contributed by atoms with Crippen LogP contribution < -0.4 is 5.32 Å². The minimum Gasteiger partial charge on any atom is -0.351 e. The first-order valence-electron chi connectivity index (χ1n) is 8.96. The molecule has 1 aromatic heterocycles. The molecule has 1 fully saturated rings. The van der Waals surface area contributed by atoms with Gasteiger partial charge in [-0.3, -0.25) is 4.79 Å². The van der Waals surface area contributed by atoms with Crippen LogP contribution in [0.3, 0.4) is 0 Å². The van der Waals surface area contributed by atoms with Crippen LogP contribution >= 0.6 is 0 Å². The van der Waals surface area contributed by atoms with Gasteiger partial charge in [0.2, 0.25) is 0 Å². The molecule has 1 aromatic carbocycles. The number of rotatable bonds is 5. The lowest BCUT2D eigenvalue weighted by Crippen LogP contribution is -2.48. The van der Waals surface area contributed by atoms with E-state index >= 15 is 0 Å². The molecule has 0 unspecified atom stereocenters. The molecule has 1 aliphatic heterocycles. The van der Waals surface area contributed by atoms with Gasteiger partial charge < -0.3 is 10.2 Å². The number of hydrogen-bond donors (Lipinski definition) is 1. The van der Waals surface area contributed by atoms with Gasteiger partial charge in [0.25, 0.3) is 5.91 Å². The number of carbonyl (C=O) groups excluding carboxylic acids is 1. The van der Waals surface area contributed by atoms with E-state index in [-0.39, 0.29) is 11.3 Å². The number of likely N-dealkylation sites (tertiary alicyclic amines) is 1. The Balaban J connectivity index is 1.73. The summed E-state index contributed by atoms with van der Waals surface area (Å²) in [5, 5.41) is 3.12. The van der Waals surface area contributed by atoms with Crippen molar-refractivity contribution < 1.29 is 4.79 Å². The number of nitrogens with zero attached hydrogens (tertiary/aromatic N) is 3. The molecule has 0 saturated carbocycles. The quantitative estimate of drug-likeness (QED) is 0.910. The largest absolute Gasteiger partial charge is 0.351 e. The number of aromatic nitrogens is 2. The van der Waals surface area contributed by atoms with Crippen LogP contribution in [0, 0.1) is 0 Å². The van der Waals surface area contributed by atoms with E-state index in [1.807, 2.05) is 13.0 Å². The van der Waals surface area contributed by atoms with Gasteiger partial charge in [-0.1, -0.05) is 37.3 Å². The van der Waals surface area contributed by atoms with E-state index < -0.39 is 0 Å². The van der Waals surface area contributed by atoms with Crippen molar-refractivity contribution in [2.45, 2.75) is 31.6 Å². The average molecular weight is 338 g/mol. The van der Waals surface area contributed by atoms with E-state index in [0.29, 0.717) is 12.1 Å². The van der Waals surface area contributed by atoms with E-state index in [1.165, 1.54) is 5.56 Å². The van der Waals surface area contributed by atoms with Gasteiger partial charge in [-0.2, -0.15) is 0 Å². The van der Waals surface area contributed by atoms with Crippen molar-refractivity contribution in [1.29, 1.82) is 0 Å². The fourth-order valence-electron chi connectivity index (χ4n) is 3.41. The topological polar surface area (TPSA) is 58.1 Å². The Kier molecular flexibility index (Phi) is 5.43. The maximum Gasteiger partial charge on any atom is 0.254 e. The minimum atomic E-state index is -0.100. The summed E-state index contributed by atoms with van der Waals surface area (Å²) in [6, 6.07) is 10.5. The number of piperidine rings is 1. The van der Waals surface area contributed by atoms with Gasteiger partial charge in [0.1, 0.15) is 5.82 Å². The second kappa shape index (κ2) is 7.74.